The highest BCUT2D eigenvalue weighted by molar-refractivity contribution is 5.98. The van der Waals surface area contributed by atoms with Crippen molar-refractivity contribution < 1.29 is 18.4 Å². The van der Waals surface area contributed by atoms with E-state index in [1.165, 1.54) is 6.08 Å². The second kappa shape index (κ2) is 9.66. The average molecular weight is 471 g/mol. The molecule has 0 bridgehead atoms. The van der Waals surface area contributed by atoms with Crippen LogP contribution in [0.5, 0.6) is 0 Å². The van der Waals surface area contributed by atoms with Gasteiger partial charge in [0.05, 0.1) is 5.56 Å². The van der Waals surface area contributed by atoms with E-state index in [1.54, 1.807) is 12.1 Å². The predicted octanol–water partition coefficient (Wildman–Crippen LogP) is 3.04. The molecule has 0 radical (unpaired) electrons. The Morgan fingerprint density at radius 2 is 1.79 bits per heavy atom. The monoisotopic (exact) mass is 470 g/mol. The Morgan fingerprint density at radius 3 is 2.44 bits per heavy atom. The van der Waals surface area contributed by atoms with Crippen LogP contribution in [0.1, 0.15) is 29.6 Å². The molecule has 2 aliphatic rings. The normalized spacial score (nSPS) is 19.5. The Balaban J connectivity index is 1.47. The first kappa shape index (κ1) is 23.5. The Bertz CT molecular complexity index is 1070. The fraction of sp³-hybridized carbons (Fsp3) is 0.375. The topological polar surface area (TPSA) is 104 Å². The van der Waals surface area contributed by atoms with Crippen molar-refractivity contribution in [3.05, 3.63) is 54.6 Å². The van der Waals surface area contributed by atoms with Crippen molar-refractivity contribution in [1.29, 1.82) is 0 Å². The fourth-order valence-electron chi connectivity index (χ4n) is 4.25. The van der Waals surface area contributed by atoms with Gasteiger partial charge in [-0.15, -0.1) is 0 Å². The first-order valence-corrected chi connectivity index (χ1v) is 11.2. The highest BCUT2D eigenvalue weighted by Crippen LogP contribution is 2.31. The van der Waals surface area contributed by atoms with Gasteiger partial charge in [0.25, 0.3) is 11.8 Å². The summed E-state index contributed by atoms with van der Waals surface area (Å²) in [6, 6.07) is 10.7. The molecule has 4 N–H and O–H groups in total. The molecule has 8 nitrogen and oxygen atoms in total. The summed E-state index contributed by atoms with van der Waals surface area (Å²) in [6.07, 6.45) is 1.71. The Labute approximate surface area is 196 Å². The van der Waals surface area contributed by atoms with Crippen LogP contribution in [0.15, 0.2) is 49.1 Å². The molecule has 3 heterocycles. The number of piperidine rings is 1. The summed E-state index contributed by atoms with van der Waals surface area (Å²) in [6.45, 7) is 5.37. The van der Waals surface area contributed by atoms with Crippen molar-refractivity contribution in [3.63, 3.8) is 0 Å². The van der Waals surface area contributed by atoms with Crippen molar-refractivity contribution in [2.75, 3.05) is 41.3 Å². The number of halogens is 2. The molecule has 2 aromatic rings. The number of carbonyl (C=O) groups is 2. The van der Waals surface area contributed by atoms with E-state index < -0.39 is 11.8 Å². The summed E-state index contributed by atoms with van der Waals surface area (Å²) in [4.78, 5) is 32.1. The molecular formula is C24H28F2N6O2. The van der Waals surface area contributed by atoms with E-state index in [0.717, 1.165) is 12.1 Å². The Morgan fingerprint density at radius 1 is 1.09 bits per heavy atom. The van der Waals surface area contributed by atoms with E-state index in [9.17, 15) is 18.4 Å². The molecule has 34 heavy (non-hydrogen) atoms. The van der Waals surface area contributed by atoms with E-state index in [0.29, 0.717) is 43.5 Å². The molecule has 4 rings (SSSR count). The molecule has 10 heteroatoms. The maximum atomic E-state index is 13.4. The number of rotatable bonds is 7. The molecule has 0 aliphatic carbocycles. The number of alkyl halides is 2. The minimum absolute atomic E-state index is 0.0122. The molecule has 180 valence electrons. The highest BCUT2D eigenvalue weighted by atomic mass is 19.3. The van der Waals surface area contributed by atoms with Gasteiger partial charge in [-0.3, -0.25) is 9.59 Å². The molecule has 1 aromatic carbocycles. The number of anilines is 4. The lowest BCUT2D eigenvalue weighted by molar-refractivity contribution is -0.117. The van der Waals surface area contributed by atoms with Gasteiger partial charge < -0.3 is 26.2 Å². The van der Waals surface area contributed by atoms with Gasteiger partial charge in [0.1, 0.15) is 11.6 Å². The third kappa shape index (κ3) is 5.44. The van der Waals surface area contributed by atoms with Gasteiger partial charge in [0.2, 0.25) is 5.91 Å². The van der Waals surface area contributed by atoms with E-state index in [4.69, 9.17) is 5.73 Å². The number of hydrogen-bond acceptors (Lipinski definition) is 6. The van der Waals surface area contributed by atoms with Gasteiger partial charge in [-0.25, -0.2) is 13.8 Å². The van der Waals surface area contributed by atoms with Crippen LogP contribution in [0.3, 0.4) is 0 Å². The molecule has 2 amide bonds. The third-order valence-electron chi connectivity index (χ3n) is 6.18. The largest absolute Gasteiger partial charge is 0.371 e. The lowest BCUT2D eigenvalue weighted by Crippen LogP contribution is -2.39. The van der Waals surface area contributed by atoms with Crippen molar-refractivity contribution in [2.24, 2.45) is 5.73 Å². The van der Waals surface area contributed by atoms with E-state index in [1.807, 2.05) is 34.1 Å². The molecule has 1 aromatic heterocycles. The zero-order valence-electron chi connectivity index (χ0n) is 18.8. The molecule has 0 spiro atoms. The number of benzene rings is 1. The standard InChI is InChI=1S/C24H28F2N6O2/c1-2-21(33)28-17-9-12-32(15-17)20-8-7-19(22(27)34)23(30-20)29-16-3-5-18(6-4-16)31-13-10-24(25,26)11-14-31/h2-8,17H,1,9-15H2,(H2,27,34)(H,28,33)(H,29,30). The summed E-state index contributed by atoms with van der Waals surface area (Å²) in [5.74, 6) is -2.42. The van der Waals surface area contributed by atoms with Gasteiger partial charge >= 0.3 is 0 Å². The lowest BCUT2D eigenvalue weighted by Gasteiger charge is -2.33. The van der Waals surface area contributed by atoms with Gasteiger partial charge in [0, 0.05) is 56.4 Å². The van der Waals surface area contributed by atoms with Gasteiger partial charge in [-0.05, 0) is 48.9 Å². The quantitative estimate of drug-likeness (QED) is 0.538. The number of aromatic nitrogens is 1. The van der Waals surface area contributed by atoms with Crippen LogP contribution < -0.4 is 26.2 Å². The number of primary amides is 1. The molecule has 1 atom stereocenters. The summed E-state index contributed by atoms with van der Waals surface area (Å²) in [5, 5.41) is 6.04. The minimum atomic E-state index is -2.59. The maximum absolute atomic E-state index is 13.4. The summed E-state index contributed by atoms with van der Waals surface area (Å²) in [5.41, 5.74) is 7.36. The van der Waals surface area contributed by atoms with Gasteiger partial charge in [-0.1, -0.05) is 6.58 Å². The van der Waals surface area contributed by atoms with E-state index in [2.05, 4.69) is 22.2 Å². The molecule has 0 saturated carbocycles. The van der Waals surface area contributed by atoms with Crippen LogP contribution in [-0.2, 0) is 4.79 Å². The lowest BCUT2D eigenvalue weighted by atomic mass is 10.1. The number of nitrogens with two attached hydrogens (primary N) is 1. The number of nitrogens with zero attached hydrogens (tertiary/aromatic N) is 3. The third-order valence-corrected chi connectivity index (χ3v) is 6.18. The summed E-state index contributed by atoms with van der Waals surface area (Å²) >= 11 is 0. The fourth-order valence-corrected chi connectivity index (χ4v) is 4.25. The summed E-state index contributed by atoms with van der Waals surface area (Å²) in [7, 11) is 0. The van der Waals surface area contributed by atoms with E-state index >= 15 is 0 Å². The second-order valence-corrected chi connectivity index (χ2v) is 8.59. The Hall–Kier alpha value is -3.69. The minimum Gasteiger partial charge on any atom is -0.371 e. The molecular weight excluding hydrogens is 442 g/mol. The number of amides is 2. The van der Waals surface area contributed by atoms with Crippen molar-refractivity contribution in [3.8, 4) is 0 Å². The smallest absolute Gasteiger partial charge is 0.252 e. The van der Waals surface area contributed by atoms with Gasteiger partial charge in [-0.2, -0.15) is 0 Å². The van der Waals surface area contributed by atoms with E-state index in [-0.39, 0.29) is 30.4 Å². The highest BCUT2D eigenvalue weighted by Gasteiger charge is 2.34. The second-order valence-electron chi connectivity index (χ2n) is 8.59. The molecule has 2 aliphatic heterocycles. The zero-order chi connectivity index (χ0) is 24.3. The first-order valence-electron chi connectivity index (χ1n) is 11.2. The average Bonchev–Trinajstić information content (AvgIpc) is 3.28. The van der Waals surface area contributed by atoms with Crippen LogP contribution in [0.25, 0.3) is 0 Å². The van der Waals surface area contributed by atoms with Crippen molar-refractivity contribution in [2.45, 2.75) is 31.2 Å². The number of carbonyl (C=O) groups excluding carboxylic acids is 2. The predicted molar refractivity (Wildman–Crippen MR) is 128 cm³/mol. The number of hydrogen-bond donors (Lipinski definition) is 3. The van der Waals surface area contributed by atoms with Crippen LogP contribution in [-0.4, -0.2) is 54.9 Å². The maximum Gasteiger partial charge on any atom is 0.252 e. The number of nitrogens with one attached hydrogen (secondary N) is 2. The van der Waals surface area contributed by atoms with Gasteiger partial charge in [0.15, 0.2) is 0 Å². The Kier molecular flexibility index (Phi) is 6.67. The van der Waals surface area contributed by atoms with Crippen molar-refractivity contribution in [1.82, 2.24) is 10.3 Å². The number of pyridine rings is 1. The van der Waals surface area contributed by atoms with Crippen LogP contribution in [0.2, 0.25) is 0 Å². The van der Waals surface area contributed by atoms with Crippen LogP contribution in [0.4, 0.5) is 31.8 Å². The summed E-state index contributed by atoms with van der Waals surface area (Å²) < 4.78 is 26.9. The molecule has 2 saturated heterocycles. The molecule has 2 fully saturated rings. The first-order chi connectivity index (χ1) is 16.2. The van der Waals surface area contributed by atoms with Crippen LogP contribution >= 0.6 is 0 Å². The van der Waals surface area contributed by atoms with Crippen LogP contribution in [0, 0.1) is 0 Å². The SMILES string of the molecule is C=CC(=O)NC1CCN(c2ccc(C(N)=O)c(Nc3ccc(N4CCC(F)(F)CC4)cc3)n2)C1. The molecule has 1 unspecified atom stereocenters. The van der Waals surface area contributed by atoms with Crippen molar-refractivity contribution >= 4 is 34.8 Å². The zero-order valence-corrected chi connectivity index (χ0v) is 18.8.